The lowest BCUT2D eigenvalue weighted by atomic mass is 10.1. The van der Waals surface area contributed by atoms with Gasteiger partial charge in [0.05, 0.1) is 12.6 Å². The minimum atomic E-state index is -0.269. The van der Waals surface area contributed by atoms with Gasteiger partial charge in [0, 0.05) is 17.0 Å². The number of hydrogen-bond donors (Lipinski definition) is 2. The normalized spacial score (nSPS) is 12.3. The zero-order chi connectivity index (χ0) is 17.6. The lowest BCUT2D eigenvalue weighted by Gasteiger charge is -2.09. The van der Waals surface area contributed by atoms with Crippen LogP contribution in [-0.4, -0.2) is 38.5 Å². The van der Waals surface area contributed by atoms with Crippen molar-refractivity contribution in [1.29, 1.82) is 0 Å². The quantitative estimate of drug-likeness (QED) is 0.499. The van der Waals surface area contributed by atoms with Crippen LogP contribution in [0.15, 0.2) is 53.4 Å². The first kappa shape index (κ1) is 17.5. The minimum Gasteiger partial charge on any atom is -0.395 e. The van der Waals surface area contributed by atoms with Gasteiger partial charge in [-0.15, -0.1) is 10.2 Å². The molecule has 6 nitrogen and oxygen atoms in total. The summed E-state index contributed by atoms with van der Waals surface area (Å²) in [5.41, 5.74) is 1.77. The van der Waals surface area contributed by atoms with Gasteiger partial charge in [-0.05, 0) is 66.0 Å². The highest BCUT2D eigenvalue weighted by Gasteiger charge is 2.13. The molecule has 1 aromatic heterocycles. The maximum absolute atomic E-state index is 13.0. The molecule has 2 aromatic carbocycles. The fourth-order valence-electron chi connectivity index (χ4n) is 2.23. The Morgan fingerprint density at radius 1 is 1.16 bits per heavy atom. The number of aliphatic hydroxyl groups excluding tert-OH is 1. The first-order valence-corrected chi connectivity index (χ1v) is 8.65. The van der Waals surface area contributed by atoms with E-state index in [1.807, 2.05) is 31.2 Å². The van der Waals surface area contributed by atoms with Crippen LogP contribution in [0.25, 0.3) is 11.4 Å². The van der Waals surface area contributed by atoms with E-state index in [9.17, 15) is 4.39 Å². The molecule has 25 heavy (non-hydrogen) atoms. The molecular weight excluding hydrogens is 341 g/mol. The van der Waals surface area contributed by atoms with Crippen molar-refractivity contribution >= 4 is 11.9 Å². The van der Waals surface area contributed by atoms with Crippen LogP contribution in [0.5, 0.6) is 0 Å². The smallest absolute Gasteiger partial charge is 0.204 e. The lowest BCUT2D eigenvalue weighted by molar-refractivity contribution is 0.302. The lowest BCUT2D eigenvalue weighted by Crippen LogP contribution is -2.10. The monoisotopic (exact) mass is 359 g/mol. The number of nitrogens with zero attached hydrogens (tertiary/aromatic N) is 4. The molecule has 0 aliphatic carbocycles. The molecule has 0 fully saturated rings. The first-order valence-electron chi connectivity index (χ1n) is 7.83. The van der Waals surface area contributed by atoms with Gasteiger partial charge in [0.25, 0.3) is 0 Å². The fraction of sp³-hybridized carbons (Fsp3) is 0.235. The van der Waals surface area contributed by atoms with Gasteiger partial charge in [-0.1, -0.05) is 12.1 Å². The maximum Gasteiger partial charge on any atom is 0.204 e. The van der Waals surface area contributed by atoms with Crippen molar-refractivity contribution in [2.45, 2.75) is 17.9 Å². The average molecular weight is 359 g/mol. The summed E-state index contributed by atoms with van der Waals surface area (Å²) >= 11 is 1.46. The van der Waals surface area contributed by atoms with Crippen LogP contribution >= 0.6 is 11.9 Å². The third-order valence-electron chi connectivity index (χ3n) is 3.64. The van der Waals surface area contributed by atoms with Crippen molar-refractivity contribution < 1.29 is 9.50 Å². The number of tetrazole rings is 1. The summed E-state index contributed by atoms with van der Waals surface area (Å²) in [5.74, 6) is 0.267. The highest BCUT2D eigenvalue weighted by Crippen LogP contribution is 2.21. The number of aromatic nitrogens is 4. The van der Waals surface area contributed by atoms with Crippen LogP contribution in [0.4, 0.5) is 4.39 Å². The largest absolute Gasteiger partial charge is 0.395 e. The van der Waals surface area contributed by atoms with Crippen molar-refractivity contribution in [2.24, 2.45) is 0 Å². The van der Waals surface area contributed by atoms with E-state index >= 15 is 0 Å². The number of nitrogens with one attached hydrogen (secondary N) is 1. The molecule has 1 atom stereocenters. The fourth-order valence-corrected chi connectivity index (χ4v) is 2.86. The molecule has 0 amide bonds. The zero-order valence-electron chi connectivity index (χ0n) is 13.6. The van der Waals surface area contributed by atoms with Crippen LogP contribution in [-0.2, 0) is 0 Å². The van der Waals surface area contributed by atoms with E-state index in [0.717, 1.165) is 16.0 Å². The van der Waals surface area contributed by atoms with Crippen molar-refractivity contribution in [3.8, 4) is 11.4 Å². The summed E-state index contributed by atoms with van der Waals surface area (Å²) in [6.45, 7) is 2.57. The van der Waals surface area contributed by atoms with Gasteiger partial charge in [0.2, 0.25) is 5.82 Å². The number of hydrogen-bond acceptors (Lipinski definition) is 6. The van der Waals surface area contributed by atoms with Gasteiger partial charge >= 0.3 is 0 Å². The van der Waals surface area contributed by atoms with E-state index in [-0.39, 0.29) is 18.5 Å². The molecule has 1 heterocycles. The second-order valence-electron chi connectivity index (χ2n) is 5.41. The van der Waals surface area contributed by atoms with Crippen molar-refractivity contribution in [1.82, 2.24) is 24.9 Å². The minimum absolute atomic E-state index is 0.102. The van der Waals surface area contributed by atoms with E-state index in [2.05, 4.69) is 20.1 Å². The molecule has 3 aromatic rings. The number of halogens is 1. The Bertz CT molecular complexity index is 807. The van der Waals surface area contributed by atoms with Gasteiger partial charge < -0.3 is 5.11 Å². The summed E-state index contributed by atoms with van der Waals surface area (Å²) in [5, 5.41) is 21.4. The van der Waals surface area contributed by atoms with Gasteiger partial charge in [-0.2, -0.15) is 4.80 Å². The van der Waals surface area contributed by atoms with Crippen molar-refractivity contribution in [3.05, 3.63) is 59.9 Å². The SMILES string of the molecule is CC(c1ccc(F)cc1)n1nnc(-c2ccc(SNCCO)cc2)n1. The highest BCUT2D eigenvalue weighted by molar-refractivity contribution is 7.97. The van der Waals surface area contributed by atoms with Gasteiger partial charge in [-0.25, -0.2) is 4.39 Å². The Balaban J connectivity index is 1.71. The van der Waals surface area contributed by atoms with E-state index in [4.69, 9.17) is 5.11 Å². The Labute approximate surface area is 149 Å². The molecule has 3 rings (SSSR count). The second kappa shape index (κ2) is 8.19. The standard InChI is InChI=1S/C17H18FN5OS/c1-12(13-2-6-15(18)7-3-13)23-21-17(20-22-23)14-4-8-16(9-5-14)25-19-10-11-24/h2-9,12,19,24H,10-11H2,1H3. The molecular formula is C17H18FN5OS. The highest BCUT2D eigenvalue weighted by atomic mass is 32.2. The van der Waals surface area contributed by atoms with Crippen molar-refractivity contribution in [2.75, 3.05) is 13.2 Å². The Morgan fingerprint density at radius 3 is 2.56 bits per heavy atom. The van der Waals surface area contributed by atoms with Crippen molar-refractivity contribution in [3.63, 3.8) is 0 Å². The molecule has 130 valence electrons. The third kappa shape index (κ3) is 4.41. The first-order chi connectivity index (χ1) is 12.2. The molecule has 0 spiro atoms. The van der Waals surface area contributed by atoms with Crippen LogP contribution in [0.1, 0.15) is 18.5 Å². The molecule has 2 N–H and O–H groups in total. The van der Waals surface area contributed by atoms with Crippen LogP contribution in [0, 0.1) is 5.82 Å². The van der Waals surface area contributed by atoms with Gasteiger partial charge in [0.15, 0.2) is 0 Å². The molecule has 1 unspecified atom stereocenters. The van der Waals surface area contributed by atoms with Gasteiger partial charge in [-0.3, -0.25) is 4.72 Å². The third-order valence-corrected chi connectivity index (χ3v) is 4.50. The van der Waals surface area contributed by atoms with E-state index < -0.39 is 0 Å². The average Bonchev–Trinajstić information content (AvgIpc) is 3.13. The predicted molar refractivity (Wildman–Crippen MR) is 94.4 cm³/mol. The van der Waals surface area contributed by atoms with Gasteiger partial charge in [0.1, 0.15) is 5.82 Å². The Kier molecular flexibility index (Phi) is 5.75. The Hall–Kier alpha value is -2.29. The summed E-state index contributed by atoms with van der Waals surface area (Å²) in [7, 11) is 0. The molecule has 0 radical (unpaired) electrons. The second-order valence-corrected chi connectivity index (χ2v) is 6.37. The van der Waals surface area contributed by atoms with E-state index in [0.29, 0.717) is 12.4 Å². The number of aliphatic hydroxyl groups is 1. The number of benzene rings is 2. The summed E-state index contributed by atoms with van der Waals surface area (Å²) in [6.07, 6.45) is 0. The predicted octanol–water partition coefficient (Wildman–Crippen LogP) is 2.68. The molecule has 8 heteroatoms. The molecule has 0 saturated carbocycles. The summed E-state index contributed by atoms with van der Waals surface area (Å²) < 4.78 is 16.1. The maximum atomic E-state index is 13.0. The van der Waals surface area contributed by atoms with Crippen LogP contribution in [0.2, 0.25) is 0 Å². The Morgan fingerprint density at radius 2 is 1.88 bits per heavy atom. The van der Waals surface area contributed by atoms with Crippen LogP contribution in [0.3, 0.4) is 0 Å². The molecule has 0 saturated heterocycles. The molecule has 0 aliphatic rings. The van der Waals surface area contributed by atoms with E-state index in [1.165, 1.54) is 28.9 Å². The topological polar surface area (TPSA) is 75.9 Å². The number of rotatable bonds is 7. The summed E-state index contributed by atoms with van der Waals surface area (Å²) in [4.78, 5) is 2.55. The van der Waals surface area contributed by atoms with Crippen LogP contribution < -0.4 is 4.72 Å². The molecule has 0 aliphatic heterocycles. The zero-order valence-corrected chi connectivity index (χ0v) is 14.4. The summed E-state index contributed by atoms with van der Waals surface area (Å²) in [6, 6.07) is 13.9. The van der Waals surface area contributed by atoms with E-state index in [1.54, 1.807) is 12.1 Å². The molecule has 0 bridgehead atoms.